The van der Waals surface area contributed by atoms with Crippen molar-refractivity contribution >= 4 is 33.5 Å². The maximum atomic E-state index is 5.93. The van der Waals surface area contributed by atoms with Crippen LogP contribution >= 0.6 is 27.7 Å². The molecule has 0 amide bonds. The van der Waals surface area contributed by atoms with E-state index in [0.29, 0.717) is 0 Å². The molecule has 2 nitrogen and oxygen atoms in total. The standard InChI is InChI=1S/C15H17BrN2S.BrH/c1-19-13-7-8-14(16)12(11-13)5-4-10-18-9-3-2-6-15(18)17;/h2-3,6-9,11,17H,4-5,10H2,1H3;1H. The van der Waals surface area contributed by atoms with E-state index in [4.69, 9.17) is 5.73 Å². The molecule has 0 spiro atoms. The number of anilines is 1. The summed E-state index contributed by atoms with van der Waals surface area (Å²) in [7, 11) is 0. The molecule has 0 atom stereocenters. The first kappa shape index (κ1) is 17.5. The highest BCUT2D eigenvalue weighted by molar-refractivity contribution is 9.10. The summed E-state index contributed by atoms with van der Waals surface area (Å²) in [6, 6.07) is 12.4. The summed E-state index contributed by atoms with van der Waals surface area (Å²) in [4.78, 5) is 1.31. The van der Waals surface area contributed by atoms with Gasteiger partial charge in [-0.25, -0.2) is 4.57 Å². The van der Waals surface area contributed by atoms with Gasteiger partial charge >= 0.3 is 0 Å². The van der Waals surface area contributed by atoms with Crippen LogP contribution in [0.5, 0.6) is 0 Å². The topological polar surface area (TPSA) is 29.9 Å². The molecule has 1 aromatic heterocycles. The van der Waals surface area contributed by atoms with Crippen LogP contribution < -0.4 is 27.3 Å². The van der Waals surface area contributed by atoms with E-state index in [1.54, 1.807) is 11.8 Å². The Morgan fingerprint density at radius 1 is 1.25 bits per heavy atom. The van der Waals surface area contributed by atoms with Crippen molar-refractivity contribution in [2.75, 3.05) is 12.0 Å². The van der Waals surface area contributed by atoms with E-state index in [-0.39, 0.29) is 17.0 Å². The number of nitrogens with zero attached hydrogens (tertiary/aromatic N) is 1. The second-order valence-electron chi connectivity index (χ2n) is 4.38. The van der Waals surface area contributed by atoms with Gasteiger partial charge in [0, 0.05) is 15.4 Å². The molecule has 1 aromatic carbocycles. The number of hydrogen-bond acceptors (Lipinski definition) is 2. The zero-order valence-corrected chi connectivity index (χ0v) is 15.3. The third-order valence-corrected chi connectivity index (χ3v) is 4.57. The number of hydrogen-bond donors (Lipinski definition) is 1. The van der Waals surface area contributed by atoms with Gasteiger partial charge in [-0.2, -0.15) is 0 Å². The van der Waals surface area contributed by atoms with Crippen LogP contribution in [0.25, 0.3) is 0 Å². The number of thioether (sulfide) groups is 1. The number of aromatic nitrogens is 1. The second kappa shape index (κ2) is 8.70. The number of pyridine rings is 1. The Hall–Kier alpha value is -0.520. The fraction of sp³-hybridized carbons (Fsp3) is 0.267. The highest BCUT2D eigenvalue weighted by Crippen LogP contribution is 2.24. The van der Waals surface area contributed by atoms with Crippen LogP contribution in [0.2, 0.25) is 0 Å². The lowest BCUT2D eigenvalue weighted by atomic mass is 10.1. The molecule has 20 heavy (non-hydrogen) atoms. The first-order chi connectivity index (χ1) is 9.20. The van der Waals surface area contributed by atoms with Crippen LogP contribution in [0.15, 0.2) is 52.0 Å². The van der Waals surface area contributed by atoms with E-state index < -0.39 is 0 Å². The average Bonchev–Trinajstić information content (AvgIpc) is 2.43. The predicted molar refractivity (Wildman–Crippen MR) is 85.3 cm³/mol. The van der Waals surface area contributed by atoms with Crippen molar-refractivity contribution in [3.05, 3.63) is 52.6 Å². The summed E-state index contributed by atoms with van der Waals surface area (Å²) in [6.07, 6.45) is 6.27. The van der Waals surface area contributed by atoms with E-state index in [1.807, 2.05) is 24.4 Å². The molecule has 5 heteroatoms. The maximum Gasteiger partial charge on any atom is 0.272 e. The minimum Gasteiger partial charge on any atom is -1.00 e. The molecular weight excluding hydrogens is 400 g/mol. The Morgan fingerprint density at radius 3 is 2.75 bits per heavy atom. The van der Waals surface area contributed by atoms with Gasteiger partial charge in [-0.15, -0.1) is 11.8 Å². The lowest BCUT2D eigenvalue weighted by Gasteiger charge is -2.07. The molecule has 0 fully saturated rings. The van der Waals surface area contributed by atoms with Gasteiger partial charge in [-0.05, 0) is 48.9 Å². The lowest BCUT2D eigenvalue weighted by molar-refractivity contribution is -0.683. The van der Waals surface area contributed by atoms with Crippen molar-refractivity contribution in [1.29, 1.82) is 0 Å². The summed E-state index contributed by atoms with van der Waals surface area (Å²) in [6.45, 7) is 0.947. The normalized spacial score (nSPS) is 10.1. The average molecular weight is 418 g/mol. The molecule has 0 radical (unpaired) electrons. The summed E-state index contributed by atoms with van der Waals surface area (Å²) in [5.41, 5.74) is 7.29. The highest BCUT2D eigenvalue weighted by Gasteiger charge is 2.05. The lowest BCUT2D eigenvalue weighted by Crippen LogP contribution is -3.00. The zero-order valence-electron chi connectivity index (χ0n) is 11.4. The van der Waals surface area contributed by atoms with Crippen molar-refractivity contribution in [3.8, 4) is 0 Å². The third kappa shape index (κ3) is 4.79. The van der Waals surface area contributed by atoms with Gasteiger partial charge in [0.1, 0.15) is 0 Å². The molecule has 0 unspecified atom stereocenters. The van der Waals surface area contributed by atoms with Crippen LogP contribution in [-0.2, 0) is 13.0 Å². The quantitative estimate of drug-likeness (QED) is 0.572. The fourth-order valence-corrected chi connectivity index (χ4v) is 2.91. The van der Waals surface area contributed by atoms with Crippen molar-refractivity contribution in [3.63, 3.8) is 0 Å². The van der Waals surface area contributed by atoms with Crippen LogP contribution in [0.1, 0.15) is 12.0 Å². The summed E-state index contributed by atoms with van der Waals surface area (Å²) in [5.74, 6) is 0.819. The molecule has 108 valence electrons. The summed E-state index contributed by atoms with van der Waals surface area (Å²) in [5, 5.41) is 0. The second-order valence-corrected chi connectivity index (χ2v) is 6.11. The molecule has 2 aromatic rings. The molecule has 2 N–H and O–H groups in total. The van der Waals surface area contributed by atoms with Crippen molar-refractivity contribution in [2.24, 2.45) is 0 Å². The molecule has 1 heterocycles. The van der Waals surface area contributed by atoms with Gasteiger partial charge in [0.05, 0.1) is 12.7 Å². The summed E-state index contributed by atoms with van der Waals surface area (Å²) < 4.78 is 3.28. The number of aryl methyl sites for hydroxylation is 2. The Balaban J connectivity index is 0.00000200. The molecule has 0 saturated heterocycles. The van der Waals surface area contributed by atoms with E-state index in [1.165, 1.54) is 14.9 Å². The minimum absolute atomic E-state index is 0. The molecule has 0 aliphatic carbocycles. The number of halogens is 2. The Morgan fingerprint density at radius 2 is 2.05 bits per heavy atom. The Bertz CT molecular complexity index is 561. The van der Waals surface area contributed by atoms with E-state index in [0.717, 1.165) is 25.2 Å². The van der Waals surface area contributed by atoms with Crippen LogP contribution in [0.3, 0.4) is 0 Å². The zero-order chi connectivity index (χ0) is 13.7. The third-order valence-electron chi connectivity index (χ3n) is 3.07. The smallest absolute Gasteiger partial charge is 0.272 e. The van der Waals surface area contributed by atoms with Gasteiger partial charge in [0.25, 0.3) is 5.82 Å². The van der Waals surface area contributed by atoms with E-state index >= 15 is 0 Å². The maximum absolute atomic E-state index is 5.93. The molecule has 0 bridgehead atoms. The van der Waals surface area contributed by atoms with Gasteiger partial charge in [0.2, 0.25) is 0 Å². The fourth-order valence-electron chi connectivity index (χ4n) is 2.00. The highest BCUT2D eigenvalue weighted by atomic mass is 79.9. The first-order valence-corrected chi connectivity index (χ1v) is 8.29. The Labute approximate surface area is 143 Å². The van der Waals surface area contributed by atoms with Crippen LogP contribution in [0.4, 0.5) is 5.82 Å². The number of nitrogen functional groups attached to an aromatic ring is 1. The van der Waals surface area contributed by atoms with E-state index in [9.17, 15) is 0 Å². The van der Waals surface area contributed by atoms with Gasteiger partial charge in [0.15, 0.2) is 0 Å². The molecular formula is C15H18Br2N2S. The number of nitrogens with two attached hydrogens (primary N) is 1. The van der Waals surface area contributed by atoms with Crippen molar-refractivity contribution < 1.29 is 21.5 Å². The minimum atomic E-state index is 0. The van der Waals surface area contributed by atoms with Gasteiger partial charge in [-0.3, -0.25) is 5.73 Å². The summed E-state index contributed by atoms with van der Waals surface area (Å²) >= 11 is 5.40. The van der Waals surface area contributed by atoms with Crippen molar-refractivity contribution in [2.45, 2.75) is 24.3 Å². The predicted octanol–water partition coefficient (Wildman–Crippen LogP) is 0.677. The first-order valence-electron chi connectivity index (χ1n) is 6.27. The van der Waals surface area contributed by atoms with Crippen molar-refractivity contribution in [1.82, 2.24) is 0 Å². The largest absolute Gasteiger partial charge is 1.00 e. The number of rotatable bonds is 5. The molecule has 0 aliphatic rings. The SMILES string of the molecule is CSc1ccc(Br)c(CCC[n+]2ccccc2N)c1.[Br-]. The Kier molecular flexibility index (Phi) is 7.62. The molecule has 0 saturated carbocycles. The monoisotopic (exact) mass is 416 g/mol. The number of benzene rings is 1. The molecule has 0 aliphatic heterocycles. The van der Waals surface area contributed by atoms with E-state index in [2.05, 4.69) is 45.0 Å². The van der Waals surface area contributed by atoms with Gasteiger partial charge in [-0.1, -0.05) is 22.0 Å². The van der Waals surface area contributed by atoms with Crippen LogP contribution in [-0.4, -0.2) is 6.26 Å². The van der Waals surface area contributed by atoms with Crippen LogP contribution in [0, 0.1) is 0 Å². The molecule has 2 rings (SSSR count). The van der Waals surface area contributed by atoms with Gasteiger partial charge < -0.3 is 17.0 Å².